The summed E-state index contributed by atoms with van der Waals surface area (Å²) in [6.07, 6.45) is 2.84. The van der Waals surface area contributed by atoms with Crippen molar-refractivity contribution in [2.45, 2.75) is 63.5 Å². The van der Waals surface area contributed by atoms with E-state index < -0.39 is 12.1 Å². The third kappa shape index (κ3) is 5.58. The number of amides is 2. The highest BCUT2D eigenvalue weighted by Gasteiger charge is 2.31. The van der Waals surface area contributed by atoms with Crippen LogP contribution in [-0.2, 0) is 14.3 Å². The van der Waals surface area contributed by atoms with Gasteiger partial charge in [0.1, 0.15) is 6.61 Å². The van der Waals surface area contributed by atoms with Gasteiger partial charge in [0.05, 0.1) is 0 Å². The predicted molar refractivity (Wildman–Crippen MR) is 128 cm³/mol. The number of benzene rings is 2. The Morgan fingerprint density at radius 3 is 2.15 bits per heavy atom. The number of ether oxygens (including phenoxy) is 1. The lowest BCUT2D eigenvalue weighted by Gasteiger charge is -2.29. The van der Waals surface area contributed by atoms with E-state index in [1.54, 1.807) is 0 Å². The van der Waals surface area contributed by atoms with Crippen LogP contribution < -0.4 is 10.6 Å². The van der Waals surface area contributed by atoms with Crippen LogP contribution in [0.3, 0.4) is 0 Å². The number of carbonyl (C=O) groups excluding carboxylic acids is 2. The second-order valence-corrected chi connectivity index (χ2v) is 9.36. The van der Waals surface area contributed by atoms with Gasteiger partial charge in [0, 0.05) is 30.3 Å². The van der Waals surface area contributed by atoms with Gasteiger partial charge in [0.2, 0.25) is 5.91 Å². The molecule has 2 aliphatic carbocycles. The Kier molecular flexibility index (Phi) is 7.50. The minimum Gasteiger partial charge on any atom is -0.481 e. The van der Waals surface area contributed by atoms with Crippen molar-refractivity contribution in [1.29, 1.82) is 0 Å². The number of hydrogen-bond acceptors (Lipinski definition) is 4. The zero-order chi connectivity index (χ0) is 24.1. The highest BCUT2D eigenvalue weighted by Crippen LogP contribution is 2.44. The van der Waals surface area contributed by atoms with E-state index in [4.69, 9.17) is 9.84 Å². The van der Waals surface area contributed by atoms with Gasteiger partial charge in [-0.1, -0.05) is 48.5 Å². The lowest BCUT2D eigenvalue weighted by atomic mass is 9.85. The summed E-state index contributed by atoms with van der Waals surface area (Å²) in [5.74, 6) is -0.966. The molecule has 0 radical (unpaired) electrons. The van der Waals surface area contributed by atoms with E-state index >= 15 is 0 Å². The van der Waals surface area contributed by atoms with E-state index in [0.29, 0.717) is 32.1 Å². The summed E-state index contributed by atoms with van der Waals surface area (Å²) >= 11 is 0. The lowest BCUT2D eigenvalue weighted by Crippen LogP contribution is -2.43. The predicted octanol–water partition coefficient (Wildman–Crippen LogP) is 4.45. The molecule has 1 atom stereocenters. The second kappa shape index (κ2) is 10.7. The van der Waals surface area contributed by atoms with Crippen LogP contribution in [0.2, 0.25) is 0 Å². The van der Waals surface area contributed by atoms with Crippen molar-refractivity contribution >= 4 is 18.0 Å². The Morgan fingerprint density at radius 1 is 0.971 bits per heavy atom. The molecule has 3 N–H and O–H groups in total. The van der Waals surface area contributed by atoms with Crippen molar-refractivity contribution < 1.29 is 24.2 Å². The monoisotopic (exact) mass is 464 g/mol. The molecular formula is C27H32N2O5. The first kappa shape index (κ1) is 23.8. The van der Waals surface area contributed by atoms with E-state index in [2.05, 4.69) is 34.9 Å². The average Bonchev–Trinajstić information content (AvgIpc) is 3.15. The Hall–Kier alpha value is -3.35. The second-order valence-electron chi connectivity index (χ2n) is 9.36. The summed E-state index contributed by atoms with van der Waals surface area (Å²) in [4.78, 5) is 35.7. The summed E-state index contributed by atoms with van der Waals surface area (Å²) in [7, 11) is 0. The SMILES string of the molecule is CC(CCC(=O)O)NC(=O)C1CCC(NC(=O)OCC2c3ccccc3-c3ccccc32)CC1. The molecule has 34 heavy (non-hydrogen) atoms. The maximum Gasteiger partial charge on any atom is 0.407 e. The molecule has 0 heterocycles. The van der Waals surface area contributed by atoms with Gasteiger partial charge in [0.15, 0.2) is 0 Å². The number of aliphatic carboxylic acids is 1. The van der Waals surface area contributed by atoms with Gasteiger partial charge >= 0.3 is 12.1 Å². The summed E-state index contributed by atoms with van der Waals surface area (Å²) < 4.78 is 5.64. The Bertz CT molecular complexity index is 999. The average molecular weight is 465 g/mol. The van der Waals surface area contributed by atoms with Crippen molar-refractivity contribution in [3.05, 3.63) is 59.7 Å². The van der Waals surface area contributed by atoms with Crippen LogP contribution in [-0.4, -0.2) is 41.8 Å². The molecule has 1 saturated carbocycles. The highest BCUT2D eigenvalue weighted by molar-refractivity contribution is 5.80. The molecule has 0 saturated heterocycles. The molecular weight excluding hydrogens is 432 g/mol. The molecule has 0 spiro atoms. The third-order valence-electron chi connectivity index (χ3n) is 6.94. The molecule has 2 aliphatic rings. The van der Waals surface area contributed by atoms with Gasteiger partial charge in [-0.25, -0.2) is 4.79 Å². The number of rotatable bonds is 8. The number of fused-ring (bicyclic) bond motifs is 3. The third-order valence-corrected chi connectivity index (χ3v) is 6.94. The lowest BCUT2D eigenvalue weighted by molar-refractivity contribution is -0.137. The molecule has 7 nitrogen and oxygen atoms in total. The van der Waals surface area contributed by atoms with Crippen LogP contribution >= 0.6 is 0 Å². The minimum atomic E-state index is -0.860. The molecule has 7 heteroatoms. The molecule has 2 amide bonds. The quantitative estimate of drug-likeness (QED) is 0.535. The van der Waals surface area contributed by atoms with Crippen molar-refractivity contribution in [2.24, 2.45) is 5.92 Å². The smallest absolute Gasteiger partial charge is 0.407 e. The largest absolute Gasteiger partial charge is 0.481 e. The Balaban J connectivity index is 1.22. The van der Waals surface area contributed by atoms with Gasteiger partial charge in [0.25, 0.3) is 0 Å². The minimum absolute atomic E-state index is 0.0101. The maximum atomic E-state index is 12.5. The van der Waals surface area contributed by atoms with E-state index in [9.17, 15) is 14.4 Å². The number of hydrogen-bond donors (Lipinski definition) is 3. The van der Waals surface area contributed by atoms with Crippen LogP contribution in [0.4, 0.5) is 4.79 Å². The number of carbonyl (C=O) groups is 3. The summed E-state index contributed by atoms with van der Waals surface area (Å²) in [5.41, 5.74) is 4.75. The number of carboxylic acid groups (broad SMARTS) is 1. The van der Waals surface area contributed by atoms with Crippen molar-refractivity contribution in [3.8, 4) is 11.1 Å². The number of carboxylic acids is 1. The van der Waals surface area contributed by atoms with E-state index in [1.165, 1.54) is 22.3 Å². The molecule has 0 bridgehead atoms. The molecule has 1 unspecified atom stereocenters. The number of nitrogens with one attached hydrogen (secondary N) is 2. The first-order valence-electron chi connectivity index (χ1n) is 12.1. The van der Waals surface area contributed by atoms with Gasteiger partial charge in [-0.15, -0.1) is 0 Å². The van der Waals surface area contributed by atoms with Gasteiger partial charge in [-0.3, -0.25) is 9.59 Å². The Morgan fingerprint density at radius 2 is 1.56 bits per heavy atom. The zero-order valence-corrected chi connectivity index (χ0v) is 19.5. The van der Waals surface area contributed by atoms with Crippen LogP contribution in [0.1, 0.15) is 62.5 Å². The molecule has 4 rings (SSSR count). The molecule has 2 aromatic carbocycles. The van der Waals surface area contributed by atoms with Crippen LogP contribution in [0.15, 0.2) is 48.5 Å². The van der Waals surface area contributed by atoms with Crippen molar-refractivity contribution in [3.63, 3.8) is 0 Å². The van der Waals surface area contributed by atoms with E-state index in [1.807, 2.05) is 31.2 Å². The van der Waals surface area contributed by atoms with Crippen molar-refractivity contribution in [1.82, 2.24) is 10.6 Å². The molecule has 1 fully saturated rings. The number of alkyl carbamates (subject to hydrolysis) is 1. The molecule has 180 valence electrons. The standard InChI is InChI=1S/C27H32N2O5/c1-17(10-15-25(30)31)28-26(32)18-11-13-19(14-12-18)29-27(33)34-16-24-22-8-4-2-6-20(22)21-7-3-5-9-23(21)24/h2-9,17-19,24H,10-16H2,1H3,(H,28,32)(H,29,33)(H,30,31). The van der Waals surface area contributed by atoms with Gasteiger partial charge < -0.3 is 20.5 Å². The molecule has 2 aromatic rings. The Labute approximate surface area is 199 Å². The summed E-state index contributed by atoms with van der Waals surface area (Å²) in [6.45, 7) is 2.11. The van der Waals surface area contributed by atoms with Gasteiger partial charge in [-0.05, 0) is 61.3 Å². The van der Waals surface area contributed by atoms with E-state index in [0.717, 1.165) is 0 Å². The van der Waals surface area contributed by atoms with Gasteiger partial charge in [-0.2, -0.15) is 0 Å². The summed E-state index contributed by atoms with van der Waals surface area (Å²) in [5, 5.41) is 14.7. The molecule has 0 aliphatic heterocycles. The van der Waals surface area contributed by atoms with Crippen LogP contribution in [0, 0.1) is 5.92 Å². The topological polar surface area (TPSA) is 105 Å². The fourth-order valence-electron chi connectivity index (χ4n) is 5.08. The maximum absolute atomic E-state index is 12.5. The summed E-state index contributed by atoms with van der Waals surface area (Å²) in [6, 6.07) is 16.3. The zero-order valence-electron chi connectivity index (χ0n) is 19.5. The van der Waals surface area contributed by atoms with Crippen molar-refractivity contribution in [2.75, 3.05) is 6.61 Å². The first-order chi connectivity index (χ1) is 16.4. The first-order valence-corrected chi connectivity index (χ1v) is 12.1. The normalized spacial score (nSPS) is 20.0. The van der Waals surface area contributed by atoms with Crippen LogP contribution in [0.25, 0.3) is 11.1 Å². The fraction of sp³-hybridized carbons (Fsp3) is 0.444. The van der Waals surface area contributed by atoms with Crippen LogP contribution in [0.5, 0.6) is 0 Å². The van der Waals surface area contributed by atoms with E-state index in [-0.39, 0.29) is 42.9 Å². The highest BCUT2D eigenvalue weighted by atomic mass is 16.5. The molecule has 0 aromatic heterocycles. The fourth-order valence-corrected chi connectivity index (χ4v) is 5.08.